The van der Waals surface area contributed by atoms with Crippen LogP contribution in [0.5, 0.6) is 0 Å². The van der Waals surface area contributed by atoms with E-state index in [1.807, 2.05) is 18.2 Å². The van der Waals surface area contributed by atoms with Gasteiger partial charge in [0.15, 0.2) is 0 Å². The van der Waals surface area contributed by atoms with E-state index in [1.54, 1.807) is 12.1 Å². The minimum Gasteiger partial charge on any atom is -0.349 e. The zero-order valence-electron chi connectivity index (χ0n) is 13.7. The molecule has 1 saturated heterocycles. The third-order valence-corrected chi connectivity index (χ3v) is 4.48. The fraction of sp³-hybridized carbons (Fsp3) is 0.368. The summed E-state index contributed by atoms with van der Waals surface area (Å²) >= 11 is 0. The first-order valence-corrected chi connectivity index (χ1v) is 8.50. The molecule has 0 spiro atoms. The topological polar surface area (TPSA) is 65.2 Å². The highest BCUT2D eigenvalue weighted by Crippen LogP contribution is 2.24. The van der Waals surface area contributed by atoms with E-state index in [2.05, 4.69) is 27.3 Å². The Morgan fingerprint density at radius 2 is 1.79 bits per heavy atom. The number of carbonyl (C=O) groups is 1. The molecule has 2 N–H and O–H groups in total. The lowest BCUT2D eigenvalue weighted by molar-refractivity contribution is 0.0919. The molecule has 1 unspecified atom stereocenters. The van der Waals surface area contributed by atoms with Crippen LogP contribution in [0.4, 0.5) is 0 Å². The van der Waals surface area contributed by atoms with Crippen molar-refractivity contribution in [2.24, 2.45) is 0 Å². The van der Waals surface area contributed by atoms with E-state index < -0.39 is 0 Å². The molecule has 1 atom stereocenters. The molecule has 126 valence electrons. The van der Waals surface area contributed by atoms with Gasteiger partial charge in [-0.3, -0.25) is 14.5 Å². The molecule has 1 amide bonds. The Morgan fingerprint density at radius 3 is 2.50 bits per heavy atom. The second kappa shape index (κ2) is 7.93. The van der Waals surface area contributed by atoms with Gasteiger partial charge in [0.2, 0.25) is 5.56 Å². The minimum atomic E-state index is -0.265. The van der Waals surface area contributed by atoms with Crippen LogP contribution < -0.4 is 10.9 Å². The van der Waals surface area contributed by atoms with Crippen LogP contribution in [-0.4, -0.2) is 35.4 Å². The van der Waals surface area contributed by atoms with Crippen LogP contribution in [0.15, 0.2) is 53.3 Å². The molecule has 1 aliphatic rings. The van der Waals surface area contributed by atoms with Gasteiger partial charge in [-0.25, -0.2) is 0 Å². The van der Waals surface area contributed by atoms with Gasteiger partial charge >= 0.3 is 0 Å². The van der Waals surface area contributed by atoms with Crippen molar-refractivity contribution in [1.82, 2.24) is 15.2 Å². The molecule has 1 aliphatic heterocycles. The van der Waals surface area contributed by atoms with E-state index in [4.69, 9.17) is 0 Å². The molecule has 1 fully saturated rings. The summed E-state index contributed by atoms with van der Waals surface area (Å²) < 4.78 is 0. The summed E-state index contributed by atoms with van der Waals surface area (Å²) in [6.07, 6.45) is 3.67. The van der Waals surface area contributed by atoms with Crippen molar-refractivity contribution in [3.05, 3.63) is 70.1 Å². The second-order valence-electron chi connectivity index (χ2n) is 6.16. The number of hydrogen-bond acceptors (Lipinski definition) is 3. The number of amides is 1. The molecule has 0 saturated carbocycles. The third kappa shape index (κ3) is 4.11. The number of nitrogens with zero attached hydrogens (tertiary/aromatic N) is 1. The van der Waals surface area contributed by atoms with Crippen molar-refractivity contribution >= 4 is 5.91 Å². The molecule has 0 bridgehead atoms. The molecule has 2 aromatic rings. The number of piperidine rings is 1. The Balaban J connectivity index is 1.72. The maximum atomic E-state index is 12.3. The lowest BCUT2D eigenvalue weighted by Gasteiger charge is -2.35. The van der Waals surface area contributed by atoms with E-state index in [0.29, 0.717) is 12.2 Å². The molecule has 0 aliphatic carbocycles. The number of hydrogen-bond donors (Lipinski definition) is 2. The van der Waals surface area contributed by atoms with Crippen LogP contribution in [0, 0.1) is 0 Å². The van der Waals surface area contributed by atoms with Crippen LogP contribution in [0.3, 0.4) is 0 Å². The molecule has 2 heterocycles. The lowest BCUT2D eigenvalue weighted by Crippen LogP contribution is -2.41. The molecular weight excluding hydrogens is 302 g/mol. The molecule has 1 aromatic carbocycles. The monoisotopic (exact) mass is 325 g/mol. The van der Waals surface area contributed by atoms with Crippen LogP contribution >= 0.6 is 0 Å². The van der Waals surface area contributed by atoms with Crippen molar-refractivity contribution in [3.63, 3.8) is 0 Å². The van der Waals surface area contributed by atoms with Gasteiger partial charge in [0.1, 0.15) is 5.69 Å². The Hall–Kier alpha value is -2.40. The SMILES string of the molecule is O=C(NCC(c1ccccc1)N1CCCCC1)c1cccc(=O)[nH]1. The number of carbonyl (C=O) groups excluding carboxylic acids is 1. The van der Waals surface area contributed by atoms with Gasteiger partial charge in [-0.05, 0) is 37.6 Å². The molecular formula is C19H23N3O2. The zero-order chi connectivity index (χ0) is 16.8. The van der Waals surface area contributed by atoms with Crippen LogP contribution in [0.25, 0.3) is 0 Å². The number of benzene rings is 1. The van der Waals surface area contributed by atoms with Crippen molar-refractivity contribution in [3.8, 4) is 0 Å². The minimum absolute atomic E-state index is 0.158. The molecule has 3 rings (SSSR count). The standard InChI is InChI=1S/C19H23N3O2/c23-18-11-7-10-16(21-18)19(24)20-14-17(15-8-3-1-4-9-15)22-12-5-2-6-13-22/h1,3-4,7-11,17H,2,5-6,12-14H2,(H,20,24)(H,21,23). The lowest BCUT2D eigenvalue weighted by atomic mass is 10.0. The van der Waals surface area contributed by atoms with E-state index in [1.165, 1.54) is 30.9 Å². The molecule has 24 heavy (non-hydrogen) atoms. The van der Waals surface area contributed by atoms with Gasteiger partial charge in [-0.15, -0.1) is 0 Å². The van der Waals surface area contributed by atoms with Crippen molar-refractivity contribution in [1.29, 1.82) is 0 Å². The summed E-state index contributed by atoms with van der Waals surface area (Å²) in [6.45, 7) is 2.63. The molecule has 0 radical (unpaired) electrons. The number of rotatable bonds is 5. The van der Waals surface area contributed by atoms with Gasteiger partial charge in [-0.2, -0.15) is 0 Å². The van der Waals surface area contributed by atoms with Gasteiger partial charge in [0.25, 0.3) is 5.91 Å². The fourth-order valence-corrected chi connectivity index (χ4v) is 3.23. The Labute approximate surface area is 141 Å². The Bertz CT molecular complexity index is 721. The van der Waals surface area contributed by atoms with Gasteiger partial charge in [0.05, 0.1) is 6.04 Å². The summed E-state index contributed by atoms with van der Waals surface area (Å²) in [5, 5.41) is 2.97. The summed E-state index contributed by atoms with van der Waals surface area (Å²) in [5.41, 5.74) is 1.24. The number of pyridine rings is 1. The quantitative estimate of drug-likeness (QED) is 0.887. The average Bonchev–Trinajstić information content (AvgIpc) is 2.63. The van der Waals surface area contributed by atoms with E-state index in [-0.39, 0.29) is 17.5 Å². The summed E-state index contributed by atoms with van der Waals surface area (Å²) in [4.78, 5) is 28.7. The predicted molar refractivity (Wildman–Crippen MR) is 94.0 cm³/mol. The number of nitrogens with one attached hydrogen (secondary N) is 2. The zero-order valence-corrected chi connectivity index (χ0v) is 13.7. The van der Waals surface area contributed by atoms with Gasteiger partial charge in [-0.1, -0.05) is 42.8 Å². The molecule has 5 nitrogen and oxygen atoms in total. The smallest absolute Gasteiger partial charge is 0.267 e. The first-order valence-electron chi connectivity index (χ1n) is 8.50. The fourth-order valence-electron chi connectivity index (χ4n) is 3.23. The average molecular weight is 325 g/mol. The summed E-state index contributed by atoms with van der Waals surface area (Å²) in [7, 11) is 0. The highest BCUT2D eigenvalue weighted by molar-refractivity contribution is 5.92. The first kappa shape index (κ1) is 16.5. The predicted octanol–water partition coefficient (Wildman–Crippen LogP) is 2.33. The number of likely N-dealkylation sites (tertiary alicyclic amines) is 1. The van der Waals surface area contributed by atoms with E-state index >= 15 is 0 Å². The first-order chi connectivity index (χ1) is 11.7. The number of H-pyrrole nitrogens is 1. The third-order valence-electron chi connectivity index (χ3n) is 4.48. The second-order valence-corrected chi connectivity index (χ2v) is 6.16. The van der Waals surface area contributed by atoms with Crippen LogP contribution in [-0.2, 0) is 0 Å². The normalized spacial score (nSPS) is 16.5. The van der Waals surface area contributed by atoms with Crippen LogP contribution in [0.1, 0.15) is 41.4 Å². The highest BCUT2D eigenvalue weighted by atomic mass is 16.2. The summed E-state index contributed by atoms with van der Waals surface area (Å²) in [5.74, 6) is -0.245. The molecule has 5 heteroatoms. The Morgan fingerprint density at radius 1 is 1.04 bits per heavy atom. The van der Waals surface area contributed by atoms with Crippen molar-refractivity contribution in [2.45, 2.75) is 25.3 Å². The van der Waals surface area contributed by atoms with Crippen molar-refractivity contribution in [2.75, 3.05) is 19.6 Å². The van der Waals surface area contributed by atoms with Crippen molar-refractivity contribution < 1.29 is 4.79 Å². The number of aromatic amines is 1. The van der Waals surface area contributed by atoms with E-state index in [9.17, 15) is 9.59 Å². The van der Waals surface area contributed by atoms with Gasteiger partial charge in [0, 0.05) is 12.6 Å². The largest absolute Gasteiger partial charge is 0.349 e. The maximum Gasteiger partial charge on any atom is 0.267 e. The maximum absolute atomic E-state index is 12.3. The molecule has 1 aromatic heterocycles. The number of aromatic nitrogens is 1. The van der Waals surface area contributed by atoms with E-state index in [0.717, 1.165) is 13.1 Å². The van der Waals surface area contributed by atoms with Crippen LogP contribution in [0.2, 0.25) is 0 Å². The summed E-state index contributed by atoms with van der Waals surface area (Å²) in [6, 6.07) is 15.0. The van der Waals surface area contributed by atoms with Gasteiger partial charge < -0.3 is 10.3 Å². The Kier molecular flexibility index (Phi) is 5.43. The highest BCUT2D eigenvalue weighted by Gasteiger charge is 2.22.